The van der Waals surface area contributed by atoms with Crippen molar-refractivity contribution >= 4 is 28.9 Å². The predicted octanol–water partition coefficient (Wildman–Crippen LogP) is 2.80. The van der Waals surface area contributed by atoms with Gasteiger partial charge in [0.25, 0.3) is 11.2 Å². The van der Waals surface area contributed by atoms with E-state index in [1.165, 1.54) is 12.1 Å². The lowest BCUT2D eigenvalue weighted by molar-refractivity contribution is -0.385. The molecular formula is C13H10Cl2N2O4. The molecule has 1 aromatic carbocycles. The van der Waals surface area contributed by atoms with Gasteiger partial charge in [-0.25, -0.2) is 0 Å². The summed E-state index contributed by atoms with van der Waals surface area (Å²) in [7, 11) is 0. The lowest BCUT2D eigenvalue weighted by Gasteiger charge is -2.14. The zero-order chi connectivity index (χ0) is 15.6. The zero-order valence-corrected chi connectivity index (χ0v) is 12.1. The molecule has 1 N–H and O–H groups in total. The summed E-state index contributed by atoms with van der Waals surface area (Å²) in [4.78, 5) is 21.8. The first-order valence-electron chi connectivity index (χ1n) is 5.86. The van der Waals surface area contributed by atoms with E-state index < -0.39 is 16.6 Å². The van der Waals surface area contributed by atoms with Gasteiger partial charge in [-0.05, 0) is 18.2 Å². The van der Waals surface area contributed by atoms with Gasteiger partial charge in [0.15, 0.2) is 0 Å². The number of hydrogen-bond donors (Lipinski definition) is 1. The average Bonchev–Trinajstić information content (AvgIpc) is 2.43. The van der Waals surface area contributed by atoms with Gasteiger partial charge in [0.05, 0.1) is 23.8 Å². The van der Waals surface area contributed by atoms with Gasteiger partial charge in [-0.15, -0.1) is 0 Å². The molecule has 1 unspecified atom stereocenters. The minimum absolute atomic E-state index is 0.166. The van der Waals surface area contributed by atoms with E-state index in [0.29, 0.717) is 15.6 Å². The number of nitro groups is 1. The summed E-state index contributed by atoms with van der Waals surface area (Å²) in [5, 5.41) is 21.6. The molecule has 110 valence electrons. The Bertz CT molecular complexity index is 745. The number of pyridine rings is 1. The number of halogens is 2. The van der Waals surface area contributed by atoms with Crippen molar-refractivity contribution in [2.24, 2.45) is 0 Å². The summed E-state index contributed by atoms with van der Waals surface area (Å²) < 4.78 is 1.06. The van der Waals surface area contributed by atoms with Crippen LogP contribution in [0.4, 0.5) is 5.69 Å². The Hall–Kier alpha value is -1.89. The molecule has 0 fully saturated rings. The average molecular weight is 329 g/mol. The van der Waals surface area contributed by atoms with E-state index in [-0.39, 0.29) is 12.2 Å². The van der Waals surface area contributed by atoms with Crippen molar-refractivity contribution in [1.82, 2.24) is 4.57 Å². The summed E-state index contributed by atoms with van der Waals surface area (Å²) >= 11 is 11.8. The fraction of sp³-hybridized carbons (Fsp3) is 0.154. The van der Waals surface area contributed by atoms with Gasteiger partial charge in [0, 0.05) is 27.7 Å². The molecule has 6 nitrogen and oxygen atoms in total. The van der Waals surface area contributed by atoms with Crippen molar-refractivity contribution in [3.8, 4) is 0 Å². The maximum atomic E-state index is 11.7. The minimum atomic E-state index is -1.11. The van der Waals surface area contributed by atoms with Crippen molar-refractivity contribution in [2.45, 2.75) is 12.6 Å². The van der Waals surface area contributed by atoms with Crippen LogP contribution in [0, 0.1) is 10.1 Å². The van der Waals surface area contributed by atoms with Crippen LogP contribution in [-0.2, 0) is 6.54 Å². The fourth-order valence-corrected chi connectivity index (χ4v) is 2.25. The van der Waals surface area contributed by atoms with E-state index in [1.807, 2.05) is 0 Å². The molecule has 0 saturated carbocycles. The van der Waals surface area contributed by atoms with E-state index in [0.717, 1.165) is 22.9 Å². The fourth-order valence-electron chi connectivity index (χ4n) is 1.82. The molecule has 2 rings (SSSR count). The number of aliphatic hydroxyl groups is 1. The summed E-state index contributed by atoms with van der Waals surface area (Å²) in [6, 6.07) is 6.76. The Labute approximate surface area is 129 Å². The number of aliphatic hydroxyl groups excluding tert-OH is 1. The van der Waals surface area contributed by atoms with E-state index in [4.69, 9.17) is 23.2 Å². The maximum absolute atomic E-state index is 11.7. The Balaban J connectivity index is 2.33. The van der Waals surface area contributed by atoms with Crippen LogP contribution in [-0.4, -0.2) is 14.6 Å². The second-order valence-corrected chi connectivity index (χ2v) is 5.16. The van der Waals surface area contributed by atoms with Crippen LogP contribution in [0.15, 0.2) is 41.3 Å². The number of hydrogen-bond acceptors (Lipinski definition) is 4. The lowest BCUT2D eigenvalue weighted by Crippen LogP contribution is -2.22. The van der Waals surface area contributed by atoms with Crippen LogP contribution in [0.5, 0.6) is 0 Å². The van der Waals surface area contributed by atoms with Gasteiger partial charge >= 0.3 is 0 Å². The minimum Gasteiger partial charge on any atom is -0.386 e. The molecule has 0 amide bonds. The van der Waals surface area contributed by atoms with Crippen molar-refractivity contribution in [2.75, 3.05) is 0 Å². The number of rotatable bonds is 4. The zero-order valence-electron chi connectivity index (χ0n) is 10.6. The van der Waals surface area contributed by atoms with Crippen LogP contribution < -0.4 is 5.56 Å². The van der Waals surface area contributed by atoms with Gasteiger partial charge in [0.2, 0.25) is 0 Å². The van der Waals surface area contributed by atoms with Crippen LogP contribution in [0.3, 0.4) is 0 Å². The molecule has 0 aliphatic rings. The summed E-state index contributed by atoms with van der Waals surface area (Å²) in [6.07, 6.45) is -0.0415. The Kier molecular flexibility index (Phi) is 4.62. The van der Waals surface area contributed by atoms with Gasteiger partial charge in [-0.1, -0.05) is 23.2 Å². The standard InChI is InChI=1S/C13H10Cl2N2O4/c14-8-1-3-11(15)10(5-8)12(18)7-16-6-9(17(20)21)2-4-13(16)19/h1-6,12,18H,7H2. The van der Waals surface area contributed by atoms with Crippen LogP contribution in [0.2, 0.25) is 10.0 Å². The SMILES string of the molecule is O=c1ccc([N+](=O)[O-])cn1CC(O)c1cc(Cl)ccc1Cl. The van der Waals surface area contributed by atoms with Gasteiger partial charge in [-0.3, -0.25) is 14.9 Å². The second-order valence-electron chi connectivity index (χ2n) is 4.32. The van der Waals surface area contributed by atoms with E-state index >= 15 is 0 Å². The second kappa shape index (κ2) is 6.26. The van der Waals surface area contributed by atoms with Crippen LogP contribution >= 0.6 is 23.2 Å². The normalized spacial score (nSPS) is 12.1. The Morgan fingerprint density at radius 3 is 2.67 bits per heavy atom. The number of nitrogens with zero attached hydrogens (tertiary/aromatic N) is 2. The van der Waals surface area contributed by atoms with E-state index in [9.17, 15) is 20.0 Å². The van der Waals surface area contributed by atoms with Crippen LogP contribution in [0.1, 0.15) is 11.7 Å². The predicted molar refractivity (Wildman–Crippen MR) is 78.8 cm³/mol. The van der Waals surface area contributed by atoms with Crippen molar-refractivity contribution in [3.63, 3.8) is 0 Å². The van der Waals surface area contributed by atoms with Crippen LogP contribution in [0.25, 0.3) is 0 Å². The molecular weight excluding hydrogens is 319 g/mol. The highest BCUT2D eigenvalue weighted by atomic mass is 35.5. The molecule has 21 heavy (non-hydrogen) atoms. The molecule has 1 aromatic heterocycles. The highest BCUT2D eigenvalue weighted by molar-refractivity contribution is 6.33. The van der Waals surface area contributed by atoms with Gasteiger partial charge in [-0.2, -0.15) is 0 Å². The molecule has 1 atom stereocenters. The highest BCUT2D eigenvalue weighted by Crippen LogP contribution is 2.27. The van der Waals surface area contributed by atoms with Crippen molar-refractivity contribution in [3.05, 3.63) is 72.6 Å². The summed E-state index contributed by atoms with van der Waals surface area (Å²) in [6.45, 7) is -0.166. The molecule has 8 heteroatoms. The Morgan fingerprint density at radius 1 is 1.29 bits per heavy atom. The maximum Gasteiger partial charge on any atom is 0.285 e. The van der Waals surface area contributed by atoms with E-state index in [2.05, 4.69) is 0 Å². The molecule has 0 saturated heterocycles. The molecule has 0 aliphatic heterocycles. The molecule has 2 aromatic rings. The first-order valence-corrected chi connectivity index (χ1v) is 6.62. The smallest absolute Gasteiger partial charge is 0.285 e. The molecule has 1 heterocycles. The van der Waals surface area contributed by atoms with Crippen molar-refractivity contribution in [1.29, 1.82) is 0 Å². The summed E-state index contributed by atoms with van der Waals surface area (Å²) in [5.41, 5.74) is -0.348. The van der Waals surface area contributed by atoms with Gasteiger partial charge in [0.1, 0.15) is 0 Å². The summed E-state index contributed by atoms with van der Waals surface area (Å²) in [5.74, 6) is 0. The quantitative estimate of drug-likeness (QED) is 0.690. The first-order chi connectivity index (χ1) is 9.88. The number of benzene rings is 1. The first kappa shape index (κ1) is 15.5. The molecule has 0 bridgehead atoms. The molecule has 0 aliphatic carbocycles. The monoisotopic (exact) mass is 328 g/mol. The molecule has 0 radical (unpaired) electrons. The van der Waals surface area contributed by atoms with E-state index in [1.54, 1.807) is 6.07 Å². The topological polar surface area (TPSA) is 85.4 Å². The third kappa shape index (κ3) is 3.60. The third-order valence-electron chi connectivity index (χ3n) is 2.87. The largest absolute Gasteiger partial charge is 0.386 e. The molecule has 0 spiro atoms. The third-order valence-corrected chi connectivity index (χ3v) is 3.44. The van der Waals surface area contributed by atoms with Crippen molar-refractivity contribution < 1.29 is 10.0 Å². The number of aromatic nitrogens is 1. The van der Waals surface area contributed by atoms with Gasteiger partial charge < -0.3 is 9.67 Å². The Morgan fingerprint density at radius 2 is 2.00 bits per heavy atom. The highest BCUT2D eigenvalue weighted by Gasteiger charge is 2.15. The lowest BCUT2D eigenvalue weighted by atomic mass is 10.1.